The first-order valence-electron chi connectivity index (χ1n) is 18.6. The van der Waals surface area contributed by atoms with E-state index in [-0.39, 0.29) is 63.3 Å². The molecule has 7 aliphatic rings. The van der Waals surface area contributed by atoms with Gasteiger partial charge in [0.25, 0.3) is 0 Å². The van der Waals surface area contributed by atoms with E-state index in [1.165, 1.54) is 12.8 Å². The topological polar surface area (TPSA) is 109 Å². The Balaban J connectivity index is 1.11. The second-order valence-corrected chi connectivity index (χ2v) is 19.0. The summed E-state index contributed by atoms with van der Waals surface area (Å²) in [6.07, 6.45) is 6.06. The average molecular weight is 646 g/mol. The van der Waals surface area contributed by atoms with Crippen LogP contribution in [0.1, 0.15) is 114 Å². The number of carbonyl (C=O) groups excluding carboxylic acids is 1. The molecule has 3 N–H and O–H groups in total. The number of nitrogens with zero attached hydrogens (tertiary/aromatic N) is 1. The van der Waals surface area contributed by atoms with Crippen molar-refractivity contribution in [3.05, 3.63) is 0 Å². The molecule has 262 valence electrons. The minimum absolute atomic E-state index is 0.0115. The molecule has 0 aromatic rings. The monoisotopic (exact) mass is 645 g/mol. The maximum Gasteiger partial charge on any atom is 0.225 e. The molecule has 5 saturated carbocycles. The van der Waals surface area contributed by atoms with E-state index >= 15 is 0 Å². The fourth-order valence-corrected chi connectivity index (χ4v) is 13.7. The average Bonchev–Trinajstić information content (AvgIpc) is 3.62. The van der Waals surface area contributed by atoms with Crippen LogP contribution in [0.2, 0.25) is 0 Å². The van der Waals surface area contributed by atoms with Gasteiger partial charge in [-0.3, -0.25) is 4.79 Å². The van der Waals surface area contributed by atoms with Crippen LogP contribution < -0.4 is 0 Å². The van der Waals surface area contributed by atoms with Gasteiger partial charge in [-0.15, -0.1) is 0 Å². The van der Waals surface area contributed by atoms with Crippen molar-refractivity contribution in [2.45, 2.75) is 156 Å². The summed E-state index contributed by atoms with van der Waals surface area (Å²) in [4.78, 5) is 14.7. The van der Waals surface area contributed by atoms with E-state index in [2.05, 4.69) is 34.6 Å². The van der Waals surface area contributed by atoms with Crippen LogP contribution in [0.5, 0.6) is 0 Å². The van der Waals surface area contributed by atoms with Crippen LogP contribution in [-0.4, -0.2) is 88.2 Å². The van der Waals surface area contributed by atoms with Gasteiger partial charge in [0.15, 0.2) is 6.29 Å². The number of aliphatic hydroxyl groups excluding tert-OH is 2. The molecular formula is C38H63NO7. The molecular weight excluding hydrogens is 582 g/mol. The third kappa shape index (κ3) is 4.34. The summed E-state index contributed by atoms with van der Waals surface area (Å²) in [5, 5.41) is 34.1. The molecule has 46 heavy (non-hydrogen) atoms. The predicted molar refractivity (Wildman–Crippen MR) is 174 cm³/mol. The van der Waals surface area contributed by atoms with Crippen molar-refractivity contribution in [3.8, 4) is 0 Å². The maximum absolute atomic E-state index is 12.7. The first-order valence-corrected chi connectivity index (χ1v) is 18.6. The molecule has 14 atom stereocenters. The van der Waals surface area contributed by atoms with Gasteiger partial charge >= 0.3 is 0 Å². The van der Waals surface area contributed by atoms with Crippen molar-refractivity contribution in [2.24, 2.45) is 56.7 Å². The molecule has 8 nitrogen and oxygen atoms in total. The molecule has 7 fully saturated rings. The normalized spacial score (nSPS) is 51.8. The number of carbonyl (C=O) groups is 1. The Kier molecular flexibility index (Phi) is 7.78. The van der Waals surface area contributed by atoms with E-state index in [1.54, 1.807) is 13.8 Å². The number of rotatable bonds is 5. The third-order valence-corrected chi connectivity index (χ3v) is 16.0. The van der Waals surface area contributed by atoms with Crippen LogP contribution in [0.25, 0.3) is 0 Å². The van der Waals surface area contributed by atoms with Gasteiger partial charge in [-0.25, -0.2) is 0 Å². The van der Waals surface area contributed by atoms with E-state index in [9.17, 15) is 20.1 Å². The van der Waals surface area contributed by atoms with Gasteiger partial charge in [0.05, 0.1) is 43.2 Å². The number of fused-ring (bicyclic) bond motifs is 4. The number of hydrogen-bond donors (Lipinski definition) is 3. The Morgan fingerprint density at radius 3 is 2.37 bits per heavy atom. The lowest BCUT2D eigenvalue weighted by Crippen LogP contribution is -2.60. The molecule has 1 unspecified atom stereocenters. The third-order valence-electron chi connectivity index (χ3n) is 16.0. The van der Waals surface area contributed by atoms with Gasteiger partial charge < -0.3 is 34.4 Å². The van der Waals surface area contributed by atoms with Crippen LogP contribution in [-0.2, 0) is 19.0 Å². The molecule has 2 saturated heterocycles. The number of amides is 1. The molecule has 5 aliphatic carbocycles. The summed E-state index contributed by atoms with van der Waals surface area (Å²) >= 11 is 0. The zero-order valence-corrected chi connectivity index (χ0v) is 30.1. The Morgan fingerprint density at radius 2 is 1.70 bits per heavy atom. The predicted octanol–water partition coefficient (Wildman–Crippen LogP) is 5.16. The Morgan fingerprint density at radius 1 is 1.02 bits per heavy atom. The van der Waals surface area contributed by atoms with Gasteiger partial charge in [0, 0.05) is 17.9 Å². The van der Waals surface area contributed by atoms with Crippen molar-refractivity contribution >= 4 is 5.91 Å². The van der Waals surface area contributed by atoms with E-state index in [1.807, 2.05) is 18.7 Å². The molecule has 8 heteroatoms. The van der Waals surface area contributed by atoms with Gasteiger partial charge in [-0.1, -0.05) is 48.5 Å². The first kappa shape index (κ1) is 33.7. The number of morpholine rings is 1. The number of aliphatic hydroxyl groups is 3. The lowest BCUT2D eigenvalue weighted by atomic mass is 9.41. The van der Waals surface area contributed by atoms with Crippen LogP contribution >= 0.6 is 0 Å². The highest BCUT2D eigenvalue weighted by Gasteiger charge is 2.84. The Labute approximate surface area is 277 Å². The van der Waals surface area contributed by atoms with Gasteiger partial charge in [0.1, 0.15) is 6.10 Å². The molecule has 1 amide bonds. The summed E-state index contributed by atoms with van der Waals surface area (Å²) < 4.78 is 19.6. The van der Waals surface area contributed by atoms with Crippen molar-refractivity contribution in [1.82, 2.24) is 4.90 Å². The van der Waals surface area contributed by atoms with Crippen molar-refractivity contribution in [1.29, 1.82) is 0 Å². The van der Waals surface area contributed by atoms with Gasteiger partial charge in [-0.2, -0.15) is 0 Å². The number of ether oxygens (including phenoxy) is 3. The van der Waals surface area contributed by atoms with E-state index in [4.69, 9.17) is 14.2 Å². The van der Waals surface area contributed by atoms with Crippen molar-refractivity contribution in [3.63, 3.8) is 0 Å². The molecule has 2 spiro atoms. The highest BCUT2D eigenvalue weighted by Crippen LogP contribution is 2.89. The second-order valence-electron chi connectivity index (χ2n) is 19.0. The summed E-state index contributed by atoms with van der Waals surface area (Å²) in [5.74, 6) is 1.68. The minimum Gasteiger partial charge on any atom is -0.390 e. The highest BCUT2D eigenvalue weighted by molar-refractivity contribution is 5.78. The molecule has 2 heterocycles. The fraction of sp³-hybridized carbons (Fsp3) is 0.974. The molecule has 0 radical (unpaired) electrons. The zero-order valence-electron chi connectivity index (χ0n) is 30.1. The van der Waals surface area contributed by atoms with Crippen molar-refractivity contribution in [2.75, 3.05) is 19.7 Å². The summed E-state index contributed by atoms with van der Waals surface area (Å²) in [7, 11) is 0. The van der Waals surface area contributed by atoms with Crippen LogP contribution in [0, 0.1) is 56.7 Å². The second kappa shape index (κ2) is 10.6. The van der Waals surface area contributed by atoms with E-state index in [0.717, 1.165) is 32.1 Å². The summed E-state index contributed by atoms with van der Waals surface area (Å²) in [5.41, 5.74) is -1.04. The van der Waals surface area contributed by atoms with Crippen LogP contribution in [0.3, 0.4) is 0 Å². The smallest absolute Gasteiger partial charge is 0.225 e. The molecule has 0 aromatic heterocycles. The SMILES string of the molecule is CC(C)C(=O)N1CCO[C@@H](O[C@H]2CC[C@]34C[C@]35CC[C@]3(C)C6[C@H](C)C[C@H]([C@H](O)C(C)(C)O)O[C@@H]6[C@H](O)[C@@]3(C)[C@@H]5CC[C@H]4C2(C)C)C1. The summed E-state index contributed by atoms with van der Waals surface area (Å²) in [6, 6.07) is 0. The van der Waals surface area contributed by atoms with Crippen molar-refractivity contribution < 1.29 is 34.3 Å². The molecule has 2 aliphatic heterocycles. The summed E-state index contributed by atoms with van der Waals surface area (Å²) in [6.45, 7) is 20.9. The lowest BCUT2D eigenvalue weighted by molar-refractivity contribution is -0.248. The van der Waals surface area contributed by atoms with Gasteiger partial charge in [0.2, 0.25) is 5.91 Å². The quantitative estimate of drug-likeness (QED) is 0.379. The highest BCUT2D eigenvalue weighted by atomic mass is 16.7. The zero-order chi connectivity index (χ0) is 33.4. The maximum atomic E-state index is 12.7. The number of hydrogen-bond acceptors (Lipinski definition) is 7. The minimum atomic E-state index is -1.26. The van der Waals surface area contributed by atoms with Crippen LogP contribution in [0.4, 0.5) is 0 Å². The van der Waals surface area contributed by atoms with E-state index in [0.29, 0.717) is 43.9 Å². The fourth-order valence-electron chi connectivity index (χ4n) is 13.7. The molecule has 7 rings (SSSR count). The Hall–Kier alpha value is -0.770. The molecule has 0 bridgehead atoms. The standard InChI is InChI=1S/C38H63NO7/c1-21(2)32(42)39-16-17-44-27(19-39)46-26-12-13-37-20-38(37)15-14-35(8)28-22(3)18-23(30(40)34(6,7)43)45-29(28)31(41)36(35,9)25(38)11-10-24(37)33(26,4)5/h21-31,40-41,43H,10-20H2,1-9H3/t22-,23-,24+,25+,26+,27+,28?,29+,30+,31+,35-,36-,37-,38+/m1/s1. The van der Waals surface area contributed by atoms with Gasteiger partial charge in [-0.05, 0) is 111 Å². The molecule has 0 aromatic carbocycles. The Bertz CT molecular complexity index is 1220. The van der Waals surface area contributed by atoms with Crippen LogP contribution in [0.15, 0.2) is 0 Å². The largest absolute Gasteiger partial charge is 0.390 e. The van der Waals surface area contributed by atoms with E-state index < -0.39 is 23.9 Å². The first-order chi connectivity index (χ1) is 21.3. The lowest BCUT2D eigenvalue weighted by Gasteiger charge is -2.64.